The molecule has 0 aromatic carbocycles. The third-order valence-electron chi connectivity index (χ3n) is 2.28. The Morgan fingerprint density at radius 3 is 3.06 bits per heavy atom. The molecule has 0 aliphatic carbocycles. The van der Waals surface area contributed by atoms with Crippen LogP contribution >= 0.6 is 11.6 Å². The normalized spacial score (nSPS) is 10.9. The van der Waals surface area contributed by atoms with Crippen LogP contribution in [0.2, 0.25) is 5.02 Å². The lowest BCUT2D eigenvalue weighted by atomic mass is 10.4. The first kappa shape index (κ1) is 11.2. The zero-order valence-corrected chi connectivity index (χ0v) is 9.87. The van der Waals surface area contributed by atoms with E-state index < -0.39 is 0 Å². The Morgan fingerprint density at radius 2 is 2.44 bits per heavy atom. The number of aryl methyl sites for hydroxylation is 1. The molecule has 0 radical (unpaired) electrons. The fourth-order valence-corrected chi connectivity index (χ4v) is 1.58. The van der Waals surface area contributed by atoms with Crippen LogP contribution in [0.3, 0.4) is 0 Å². The maximum Gasteiger partial charge on any atom is 0.117 e. The minimum atomic E-state index is 0.714. The van der Waals surface area contributed by atoms with Crippen LogP contribution in [0.25, 0.3) is 0 Å². The summed E-state index contributed by atoms with van der Waals surface area (Å²) in [5.74, 6) is 0.940. The van der Waals surface area contributed by atoms with Crippen LogP contribution in [0.4, 0.5) is 0 Å². The minimum Gasteiger partial charge on any atom is -0.468 e. The summed E-state index contributed by atoms with van der Waals surface area (Å²) in [5, 5.41) is 8.25. The Bertz CT molecular complexity index is 417. The van der Waals surface area contributed by atoms with Crippen LogP contribution in [0, 0.1) is 6.92 Å². The van der Waals surface area contributed by atoms with Gasteiger partial charge in [-0.15, -0.1) is 0 Å². The molecule has 0 aliphatic rings. The van der Waals surface area contributed by atoms with Gasteiger partial charge in [-0.1, -0.05) is 11.6 Å². The molecule has 5 heteroatoms. The number of rotatable bonds is 5. The highest BCUT2D eigenvalue weighted by Crippen LogP contribution is 2.11. The molecule has 16 heavy (non-hydrogen) atoms. The maximum absolute atomic E-state index is 5.90. The standard InChI is InChI=1S/C11H14ClN3O/c1-9-11(12)8-15(14-9)5-4-13-7-10-3-2-6-16-10/h2-3,6,8,13H,4-5,7H2,1H3. The number of hydrogen-bond acceptors (Lipinski definition) is 3. The Hall–Kier alpha value is -1.26. The Kier molecular flexibility index (Phi) is 3.64. The van der Waals surface area contributed by atoms with E-state index in [-0.39, 0.29) is 0 Å². The van der Waals surface area contributed by atoms with Crippen molar-refractivity contribution >= 4 is 11.6 Å². The van der Waals surface area contributed by atoms with E-state index in [1.807, 2.05) is 29.9 Å². The average molecular weight is 240 g/mol. The van der Waals surface area contributed by atoms with Gasteiger partial charge in [0.05, 0.1) is 30.1 Å². The molecule has 86 valence electrons. The second-order valence-corrected chi connectivity index (χ2v) is 3.99. The number of nitrogens with zero attached hydrogens (tertiary/aromatic N) is 2. The molecule has 0 amide bonds. The predicted molar refractivity (Wildman–Crippen MR) is 62.4 cm³/mol. The predicted octanol–water partition coefficient (Wildman–Crippen LogP) is 2.23. The Labute approximate surface area is 99.2 Å². The average Bonchev–Trinajstić information content (AvgIpc) is 2.85. The van der Waals surface area contributed by atoms with Gasteiger partial charge in [-0.3, -0.25) is 4.68 Å². The van der Waals surface area contributed by atoms with Crippen molar-refractivity contribution in [2.75, 3.05) is 6.54 Å². The molecule has 0 aliphatic heterocycles. The largest absolute Gasteiger partial charge is 0.468 e. The van der Waals surface area contributed by atoms with Gasteiger partial charge < -0.3 is 9.73 Å². The van der Waals surface area contributed by atoms with Gasteiger partial charge in [0.1, 0.15) is 5.76 Å². The highest BCUT2D eigenvalue weighted by Gasteiger charge is 2.01. The van der Waals surface area contributed by atoms with Crippen LogP contribution in [0.1, 0.15) is 11.5 Å². The third-order valence-corrected chi connectivity index (χ3v) is 2.65. The molecule has 0 atom stereocenters. The van der Waals surface area contributed by atoms with Gasteiger partial charge in [0.2, 0.25) is 0 Å². The molecule has 0 unspecified atom stereocenters. The zero-order chi connectivity index (χ0) is 11.4. The molecule has 0 spiro atoms. The SMILES string of the molecule is Cc1nn(CCNCc2ccco2)cc1Cl. The molecular weight excluding hydrogens is 226 g/mol. The molecular formula is C11H14ClN3O. The monoisotopic (exact) mass is 239 g/mol. The zero-order valence-electron chi connectivity index (χ0n) is 9.11. The van der Waals surface area contributed by atoms with Crippen LogP contribution in [0.15, 0.2) is 29.0 Å². The Balaban J connectivity index is 1.72. The summed E-state index contributed by atoms with van der Waals surface area (Å²) < 4.78 is 7.04. The van der Waals surface area contributed by atoms with E-state index in [0.29, 0.717) is 5.02 Å². The third kappa shape index (κ3) is 2.87. The first-order valence-corrected chi connectivity index (χ1v) is 5.56. The van der Waals surface area contributed by atoms with Crippen molar-refractivity contribution < 1.29 is 4.42 Å². The summed E-state index contributed by atoms with van der Waals surface area (Å²) in [6.45, 7) is 4.27. The molecule has 4 nitrogen and oxygen atoms in total. The lowest BCUT2D eigenvalue weighted by molar-refractivity contribution is 0.469. The summed E-state index contributed by atoms with van der Waals surface area (Å²) in [5.41, 5.74) is 0.868. The topological polar surface area (TPSA) is 43.0 Å². The Morgan fingerprint density at radius 1 is 1.56 bits per heavy atom. The van der Waals surface area contributed by atoms with Gasteiger partial charge in [0.15, 0.2) is 0 Å². The molecule has 2 rings (SSSR count). The first-order chi connectivity index (χ1) is 7.75. The van der Waals surface area contributed by atoms with Crippen molar-refractivity contribution in [1.82, 2.24) is 15.1 Å². The lowest BCUT2D eigenvalue weighted by Crippen LogP contribution is -2.19. The fourth-order valence-electron chi connectivity index (χ4n) is 1.43. The number of furan rings is 1. The van der Waals surface area contributed by atoms with Gasteiger partial charge in [-0.2, -0.15) is 5.10 Å². The number of halogens is 1. The van der Waals surface area contributed by atoms with E-state index in [4.69, 9.17) is 16.0 Å². The van der Waals surface area contributed by atoms with Crippen LogP contribution < -0.4 is 5.32 Å². The summed E-state index contributed by atoms with van der Waals surface area (Å²) in [6.07, 6.45) is 3.51. The van der Waals surface area contributed by atoms with E-state index in [2.05, 4.69) is 10.4 Å². The molecule has 2 aromatic heterocycles. The second kappa shape index (κ2) is 5.18. The number of aromatic nitrogens is 2. The molecule has 0 saturated carbocycles. The molecule has 2 aromatic rings. The van der Waals surface area contributed by atoms with E-state index in [9.17, 15) is 0 Å². The van der Waals surface area contributed by atoms with E-state index in [1.54, 1.807) is 6.26 Å². The van der Waals surface area contributed by atoms with Crippen LogP contribution in [0.5, 0.6) is 0 Å². The highest BCUT2D eigenvalue weighted by atomic mass is 35.5. The van der Waals surface area contributed by atoms with Gasteiger partial charge in [-0.05, 0) is 19.1 Å². The highest BCUT2D eigenvalue weighted by molar-refractivity contribution is 6.31. The van der Waals surface area contributed by atoms with Crippen molar-refractivity contribution in [3.63, 3.8) is 0 Å². The van der Waals surface area contributed by atoms with Gasteiger partial charge in [-0.25, -0.2) is 0 Å². The summed E-state index contributed by atoms with van der Waals surface area (Å²) in [4.78, 5) is 0. The van der Waals surface area contributed by atoms with Gasteiger partial charge >= 0.3 is 0 Å². The lowest BCUT2D eigenvalue weighted by Gasteiger charge is -2.02. The maximum atomic E-state index is 5.90. The van der Waals surface area contributed by atoms with E-state index in [1.165, 1.54) is 0 Å². The van der Waals surface area contributed by atoms with E-state index in [0.717, 1.165) is 31.1 Å². The van der Waals surface area contributed by atoms with Crippen LogP contribution in [-0.4, -0.2) is 16.3 Å². The summed E-state index contributed by atoms with van der Waals surface area (Å²) in [6, 6.07) is 3.83. The minimum absolute atomic E-state index is 0.714. The van der Waals surface area contributed by atoms with Crippen molar-refractivity contribution in [3.05, 3.63) is 41.1 Å². The molecule has 1 N–H and O–H groups in total. The molecule has 0 saturated heterocycles. The number of nitrogens with one attached hydrogen (secondary N) is 1. The molecule has 2 heterocycles. The number of hydrogen-bond donors (Lipinski definition) is 1. The smallest absolute Gasteiger partial charge is 0.117 e. The first-order valence-electron chi connectivity index (χ1n) is 5.18. The molecule has 0 fully saturated rings. The summed E-state index contributed by atoms with van der Waals surface area (Å²) in [7, 11) is 0. The van der Waals surface area contributed by atoms with E-state index >= 15 is 0 Å². The van der Waals surface area contributed by atoms with Gasteiger partial charge in [0.25, 0.3) is 0 Å². The summed E-state index contributed by atoms with van der Waals surface area (Å²) >= 11 is 5.90. The molecule has 0 bridgehead atoms. The quantitative estimate of drug-likeness (QED) is 0.814. The van der Waals surface area contributed by atoms with Gasteiger partial charge in [0, 0.05) is 12.7 Å². The van der Waals surface area contributed by atoms with Crippen molar-refractivity contribution in [2.24, 2.45) is 0 Å². The van der Waals surface area contributed by atoms with Crippen molar-refractivity contribution in [1.29, 1.82) is 0 Å². The van der Waals surface area contributed by atoms with Crippen LogP contribution in [-0.2, 0) is 13.1 Å². The van der Waals surface area contributed by atoms with Crippen molar-refractivity contribution in [3.8, 4) is 0 Å². The van der Waals surface area contributed by atoms with Crippen molar-refractivity contribution in [2.45, 2.75) is 20.0 Å². The second-order valence-electron chi connectivity index (χ2n) is 3.58. The fraction of sp³-hybridized carbons (Fsp3) is 0.364.